The average Bonchev–Trinajstić information content (AvgIpc) is 3.25. The molecule has 3 heterocycles. The van der Waals surface area contributed by atoms with E-state index in [9.17, 15) is 8.42 Å². The zero-order chi connectivity index (χ0) is 22.3. The number of benzene rings is 2. The van der Waals surface area contributed by atoms with Crippen LogP contribution in [0.3, 0.4) is 0 Å². The second-order valence-electron chi connectivity index (χ2n) is 8.39. The van der Waals surface area contributed by atoms with E-state index in [1.807, 2.05) is 19.1 Å². The van der Waals surface area contributed by atoms with Crippen molar-refractivity contribution in [3.63, 3.8) is 0 Å². The number of ether oxygens (including phenoxy) is 2. The fourth-order valence-corrected chi connectivity index (χ4v) is 4.86. The number of aryl methyl sites for hydroxylation is 1. The van der Waals surface area contributed by atoms with Crippen LogP contribution in [0.1, 0.15) is 24.1 Å². The molecule has 0 bridgehead atoms. The molecule has 32 heavy (non-hydrogen) atoms. The number of anilines is 1. The van der Waals surface area contributed by atoms with Gasteiger partial charge in [0, 0.05) is 37.3 Å². The maximum absolute atomic E-state index is 11.9. The highest BCUT2D eigenvalue weighted by atomic mass is 32.2. The van der Waals surface area contributed by atoms with Crippen molar-refractivity contribution in [3.05, 3.63) is 47.7 Å². The molecule has 1 N–H and O–H groups in total. The highest BCUT2D eigenvalue weighted by molar-refractivity contribution is 7.90. The van der Waals surface area contributed by atoms with Crippen molar-refractivity contribution in [2.75, 3.05) is 31.0 Å². The van der Waals surface area contributed by atoms with Gasteiger partial charge in [-0.05, 0) is 55.7 Å². The SMILES string of the molecule is Cc1nc(N2CCC(NCc3ccc4c(c3)OCO4)CC2)nc2cc(S(C)(=O)=O)ccc12. The Morgan fingerprint density at radius 2 is 1.84 bits per heavy atom. The summed E-state index contributed by atoms with van der Waals surface area (Å²) >= 11 is 0. The highest BCUT2D eigenvalue weighted by Crippen LogP contribution is 2.32. The topological polar surface area (TPSA) is 93.7 Å². The molecule has 5 rings (SSSR count). The summed E-state index contributed by atoms with van der Waals surface area (Å²) < 4.78 is 34.7. The van der Waals surface area contributed by atoms with Crippen LogP contribution in [-0.4, -0.2) is 50.6 Å². The van der Waals surface area contributed by atoms with Gasteiger partial charge in [0.1, 0.15) is 0 Å². The summed E-state index contributed by atoms with van der Waals surface area (Å²) in [5, 5.41) is 4.51. The molecule has 0 amide bonds. The Morgan fingerprint density at radius 3 is 2.62 bits per heavy atom. The number of piperidine rings is 1. The third-order valence-corrected chi connectivity index (χ3v) is 7.20. The van der Waals surface area contributed by atoms with E-state index in [0.717, 1.165) is 55.1 Å². The largest absolute Gasteiger partial charge is 0.454 e. The van der Waals surface area contributed by atoms with Gasteiger partial charge < -0.3 is 19.7 Å². The Bertz CT molecular complexity index is 1270. The van der Waals surface area contributed by atoms with Crippen LogP contribution in [0.2, 0.25) is 0 Å². The average molecular weight is 455 g/mol. The minimum atomic E-state index is -3.28. The number of hydrogen-bond donors (Lipinski definition) is 1. The predicted octanol–water partition coefficient (Wildman–Crippen LogP) is 2.83. The van der Waals surface area contributed by atoms with Gasteiger partial charge in [0.2, 0.25) is 12.7 Å². The van der Waals surface area contributed by atoms with Crippen molar-refractivity contribution in [2.24, 2.45) is 0 Å². The lowest BCUT2D eigenvalue weighted by Crippen LogP contribution is -2.43. The van der Waals surface area contributed by atoms with Crippen LogP contribution < -0.4 is 19.7 Å². The first kappa shape index (κ1) is 21.0. The van der Waals surface area contributed by atoms with Gasteiger partial charge in [-0.1, -0.05) is 6.07 Å². The van der Waals surface area contributed by atoms with Crippen LogP contribution in [0.25, 0.3) is 10.9 Å². The molecule has 1 saturated heterocycles. The summed E-state index contributed by atoms with van der Waals surface area (Å²) in [6.07, 6.45) is 3.17. The first-order valence-corrected chi connectivity index (χ1v) is 12.6. The molecular weight excluding hydrogens is 428 g/mol. The molecule has 1 aromatic heterocycles. The Hall–Kier alpha value is -2.91. The minimum Gasteiger partial charge on any atom is -0.454 e. The fourth-order valence-electron chi connectivity index (χ4n) is 4.22. The van der Waals surface area contributed by atoms with Crippen LogP contribution in [0, 0.1) is 6.92 Å². The summed E-state index contributed by atoms with van der Waals surface area (Å²) in [7, 11) is -3.28. The lowest BCUT2D eigenvalue weighted by molar-refractivity contribution is 0.174. The molecular formula is C23H26N4O4S. The van der Waals surface area contributed by atoms with Crippen molar-refractivity contribution < 1.29 is 17.9 Å². The first-order valence-electron chi connectivity index (χ1n) is 10.7. The number of rotatable bonds is 5. The third kappa shape index (κ3) is 4.22. The van der Waals surface area contributed by atoms with E-state index in [4.69, 9.17) is 9.47 Å². The molecule has 9 heteroatoms. The van der Waals surface area contributed by atoms with Gasteiger partial charge in [0.05, 0.1) is 16.1 Å². The van der Waals surface area contributed by atoms with E-state index in [0.29, 0.717) is 17.5 Å². The van der Waals surface area contributed by atoms with Crippen molar-refractivity contribution >= 4 is 26.7 Å². The van der Waals surface area contributed by atoms with E-state index >= 15 is 0 Å². The predicted molar refractivity (Wildman–Crippen MR) is 122 cm³/mol. The van der Waals surface area contributed by atoms with Crippen molar-refractivity contribution in [3.8, 4) is 11.5 Å². The van der Waals surface area contributed by atoms with E-state index < -0.39 is 9.84 Å². The van der Waals surface area contributed by atoms with Crippen LogP contribution in [0.15, 0.2) is 41.3 Å². The Labute approximate surface area is 187 Å². The zero-order valence-corrected chi connectivity index (χ0v) is 19.0. The second kappa shape index (κ2) is 8.22. The maximum atomic E-state index is 11.9. The van der Waals surface area contributed by atoms with Gasteiger partial charge >= 0.3 is 0 Å². The standard InChI is InChI=1S/C23H26N4O4S/c1-15-19-5-4-18(32(2,28)29)12-20(19)26-23(25-15)27-9-7-17(8-10-27)24-13-16-3-6-21-22(11-16)31-14-30-21/h3-6,11-12,17,24H,7-10,13-14H2,1-2H3. The normalized spacial score (nSPS) is 16.6. The van der Waals surface area contributed by atoms with Gasteiger partial charge in [0.25, 0.3) is 0 Å². The number of fused-ring (bicyclic) bond motifs is 2. The molecule has 0 radical (unpaired) electrons. The van der Waals surface area contributed by atoms with Gasteiger partial charge in [-0.25, -0.2) is 18.4 Å². The first-order chi connectivity index (χ1) is 15.4. The quantitative estimate of drug-likeness (QED) is 0.629. The lowest BCUT2D eigenvalue weighted by Gasteiger charge is -2.32. The number of sulfone groups is 1. The lowest BCUT2D eigenvalue weighted by atomic mass is 10.0. The highest BCUT2D eigenvalue weighted by Gasteiger charge is 2.22. The summed E-state index contributed by atoms with van der Waals surface area (Å²) in [5.41, 5.74) is 2.69. The molecule has 2 aliphatic rings. The second-order valence-corrected chi connectivity index (χ2v) is 10.4. The minimum absolute atomic E-state index is 0.278. The molecule has 2 aromatic carbocycles. The molecule has 0 atom stereocenters. The Balaban J connectivity index is 1.24. The molecule has 168 valence electrons. The van der Waals surface area contributed by atoms with E-state index in [1.54, 1.807) is 18.2 Å². The van der Waals surface area contributed by atoms with Gasteiger partial charge in [-0.15, -0.1) is 0 Å². The third-order valence-electron chi connectivity index (χ3n) is 6.08. The van der Waals surface area contributed by atoms with Crippen LogP contribution in [-0.2, 0) is 16.4 Å². The fraction of sp³-hybridized carbons (Fsp3) is 0.391. The molecule has 1 fully saturated rings. The van der Waals surface area contributed by atoms with E-state index in [-0.39, 0.29) is 11.7 Å². The molecule has 8 nitrogen and oxygen atoms in total. The van der Waals surface area contributed by atoms with Crippen molar-refractivity contribution in [1.29, 1.82) is 0 Å². The van der Waals surface area contributed by atoms with Crippen LogP contribution in [0.5, 0.6) is 11.5 Å². The van der Waals surface area contributed by atoms with Gasteiger partial charge in [-0.2, -0.15) is 0 Å². The van der Waals surface area contributed by atoms with Crippen molar-refractivity contribution in [2.45, 2.75) is 37.2 Å². The molecule has 3 aromatic rings. The molecule has 0 spiro atoms. The van der Waals surface area contributed by atoms with Gasteiger partial charge in [0.15, 0.2) is 21.3 Å². The van der Waals surface area contributed by atoms with Crippen molar-refractivity contribution in [1.82, 2.24) is 15.3 Å². The molecule has 2 aliphatic heterocycles. The summed E-state index contributed by atoms with van der Waals surface area (Å²) in [4.78, 5) is 11.8. The number of hydrogen-bond acceptors (Lipinski definition) is 8. The molecule has 0 saturated carbocycles. The van der Waals surface area contributed by atoms with E-state index in [1.165, 1.54) is 11.8 Å². The number of aromatic nitrogens is 2. The molecule has 0 unspecified atom stereocenters. The summed E-state index contributed by atoms with van der Waals surface area (Å²) in [6, 6.07) is 11.5. The summed E-state index contributed by atoms with van der Waals surface area (Å²) in [6.45, 7) is 4.69. The van der Waals surface area contributed by atoms with Crippen LogP contribution in [0.4, 0.5) is 5.95 Å². The summed E-state index contributed by atoms with van der Waals surface area (Å²) in [5.74, 6) is 2.27. The monoisotopic (exact) mass is 454 g/mol. The number of nitrogens with one attached hydrogen (secondary N) is 1. The van der Waals surface area contributed by atoms with Gasteiger partial charge in [-0.3, -0.25) is 0 Å². The zero-order valence-electron chi connectivity index (χ0n) is 18.2. The van der Waals surface area contributed by atoms with E-state index in [2.05, 4.69) is 26.3 Å². The number of nitrogens with zero attached hydrogens (tertiary/aromatic N) is 3. The molecule has 0 aliphatic carbocycles. The van der Waals surface area contributed by atoms with Crippen LogP contribution >= 0.6 is 0 Å². The smallest absolute Gasteiger partial charge is 0.231 e. The Kier molecular flexibility index (Phi) is 5.38. The Morgan fingerprint density at radius 1 is 1.06 bits per heavy atom. The maximum Gasteiger partial charge on any atom is 0.231 e.